The minimum Gasteiger partial charge on any atom is -0.490 e. The van der Waals surface area contributed by atoms with Crippen LogP contribution >= 0.6 is 0 Å². The summed E-state index contributed by atoms with van der Waals surface area (Å²) in [6, 6.07) is 10.8. The number of hydrogen-bond acceptors (Lipinski definition) is 6. The van der Waals surface area contributed by atoms with Gasteiger partial charge < -0.3 is 25.0 Å². The molecule has 0 saturated carbocycles. The summed E-state index contributed by atoms with van der Waals surface area (Å²) in [5.41, 5.74) is 0.0937. The number of carbonyl (C=O) groups excluding carboxylic acids is 4. The summed E-state index contributed by atoms with van der Waals surface area (Å²) in [6.07, 6.45) is 0.745. The van der Waals surface area contributed by atoms with Gasteiger partial charge in [0.1, 0.15) is 12.1 Å². The summed E-state index contributed by atoms with van der Waals surface area (Å²) in [5.74, 6) is -0.166. The van der Waals surface area contributed by atoms with Crippen LogP contribution in [-0.2, 0) is 15.1 Å². The highest BCUT2D eigenvalue weighted by atomic mass is 16.5. The smallest absolute Gasteiger partial charge is 0.325 e. The van der Waals surface area contributed by atoms with Crippen molar-refractivity contribution in [3.63, 3.8) is 0 Å². The molecular formula is C24H26N4O6. The topological polar surface area (TPSA) is 117 Å². The van der Waals surface area contributed by atoms with Crippen LogP contribution in [0.5, 0.6) is 11.5 Å². The first kappa shape index (κ1) is 23.1. The molecule has 4 rings (SSSR count). The third-order valence-electron chi connectivity index (χ3n) is 5.72. The molecule has 0 unspecified atom stereocenters. The summed E-state index contributed by atoms with van der Waals surface area (Å²) >= 11 is 0. The van der Waals surface area contributed by atoms with Crippen LogP contribution < -0.4 is 20.1 Å². The van der Waals surface area contributed by atoms with Crippen molar-refractivity contribution in [3.05, 3.63) is 53.6 Å². The van der Waals surface area contributed by atoms with Gasteiger partial charge >= 0.3 is 6.03 Å². The van der Waals surface area contributed by atoms with Gasteiger partial charge in [-0.3, -0.25) is 19.3 Å². The number of benzene rings is 2. The second-order valence-corrected chi connectivity index (χ2v) is 8.48. The van der Waals surface area contributed by atoms with E-state index in [1.165, 1.54) is 4.90 Å². The third kappa shape index (κ3) is 4.39. The van der Waals surface area contributed by atoms with E-state index in [1.54, 1.807) is 63.5 Å². The number of nitrogens with zero attached hydrogens (tertiary/aromatic N) is 2. The van der Waals surface area contributed by atoms with E-state index in [-0.39, 0.29) is 5.91 Å². The van der Waals surface area contributed by atoms with Crippen LogP contribution in [0.25, 0.3) is 0 Å². The number of hydrogen-bond donors (Lipinski definition) is 2. The Kier molecular flexibility index (Phi) is 6.14. The Labute approximate surface area is 196 Å². The predicted octanol–water partition coefficient (Wildman–Crippen LogP) is 1.96. The van der Waals surface area contributed by atoms with Crippen molar-refractivity contribution < 1.29 is 28.7 Å². The molecule has 2 aromatic rings. The van der Waals surface area contributed by atoms with E-state index < -0.39 is 29.9 Å². The monoisotopic (exact) mass is 466 g/mol. The number of ether oxygens (including phenoxy) is 2. The summed E-state index contributed by atoms with van der Waals surface area (Å²) in [5, 5.41) is 5.33. The lowest BCUT2D eigenvalue weighted by Gasteiger charge is -2.23. The highest BCUT2D eigenvalue weighted by molar-refractivity contribution is 6.10. The van der Waals surface area contributed by atoms with E-state index in [9.17, 15) is 19.2 Å². The molecule has 10 heteroatoms. The molecule has 2 aromatic carbocycles. The molecule has 10 nitrogen and oxygen atoms in total. The van der Waals surface area contributed by atoms with Crippen molar-refractivity contribution in [2.75, 3.05) is 39.2 Å². The standard InChI is InChI=1S/C24H26N4O6/c1-24(16-7-10-18-19(13-16)34-12-4-11-33-18)22(31)28(23(32)26-24)14-20(29)25-17-8-5-15(6-9-17)21(30)27(2)3/h5-10,13H,4,11-12,14H2,1-3H3,(H,25,29)(H,26,32)/t24-/m1/s1. The molecule has 0 bridgehead atoms. The van der Waals surface area contributed by atoms with Gasteiger partial charge in [-0.2, -0.15) is 0 Å². The largest absolute Gasteiger partial charge is 0.490 e. The fourth-order valence-corrected chi connectivity index (χ4v) is 3.81. The molecule has 34 heavy (non-hydrogen) atoms. The van der Waals surface area contributed by atoms with E-state index in [4.69, 9.17) is 9.47 Å². The molecule has 2 N–H and O–H groups in total. The molecule has 2 heterocycles. The molecule has 1 atom stereocenters. The summed E-state index contributed by atoms with van der Waals surface area (Å²) in [6.45, 7) is 2.16. The molecule has 0 aliphatic carbocycles. The van der Waals surface area contributed by atoms with E-state index in [0.29, 0.717) is 41.5 Å². The molecule has 1 saturated heterocycles. The van der Waals surface area contributed by atoms with Crippen molar-refractivity contribution in [3.8, 4) is 11.5 Å². The molecular weight excluding hydrogens is 440 g/mol. The second kappa shape index (κ2) is 9.05. The zero-order valence-corrected chi connectivity index (χ0v) is 19.2. The Bertz CT molecular complexity index is 1150. The van der Waals surface area contributed by atoms with Crippen LogP contribution in [0.3, 0.4) is 0 Å². The normalized spacial score (nSPS) is 19.3. The van der Waals surface area contributed by atoms with Gasteiger partial charge in [0.05, 0.1) is 13.2 Å². The zero-order valence-electron chi connectivity index (χ0n) is 19.2. The van der Waals surface area contributed by atoms with Crippen LogP contribution in [0.15, 0.2) is 42.5 Å². The molecule has 2 aliphatic rings. The van der Waals surface area contributed by atoms with Gasteiger partial charge in [0.25, 0.3) is 11.8 Å². The Balaban J connectivity index is 1.45. The van der Waals surface area contributed by atoms with E-state index >= 15 is 0 Å². The maximum absolute atomic E-state index is 13.2. The quantitative estimate of drug-likeness (QED) is 0.651. The van der Waals surface area contributed by atoms with Crippen molar-refractivity contribution in [2.24, 2.45) is 0 Å². The summed E-state index contributed by atoms with van der Waals surface area (Å²) in [4.78, 5) is 52.7. The van der Waals surface area contributed by atoms with Crippen LogP contribution in [0.1, 0.15) is 29.3 Å². The Morgan fingerprint density at radius 3 is 2.41 bits per heavy atom. The van der Waals surface area contributed by atoms with Gasteiger partial charge in [-0.15, -0.1) is 0 Å². The first-order valence-corrected chi connectivity index (χ1v) is 10.8. The average molecular weight is 466 g/mol. The maximum atomic E-state index is 13.2. The van der Waals surface area contributed by atoms with E-state index in [0.717, 1.165) is 11.3 Å². The van der Waals surface area contributed by atoms with Gasteiger partial charge in [-0.05, 0) is 48.9 Å². The summed E-state index contributed by atoms with van der Waals surface area (Å²) < 4.78 is 11.3. The lowest BCUT2D eigenvalue weighted by atomic mass is 9.91. The molecule has 0 spiro atoms. The minimum absolute atomic E-state index is 0.161. The maximum Gasteiger partial charge on any atom is 0.325 e. The number of anilines is 1. The highest BCUT2D eigenvalue weighted by Gasteiger charge is 2.49. The number of imide groups is 1. The van der Waals surface area contributed by atoms with Gasteiger partial charge in [-0.25, -0.2) is 4.79 Å². The number of nitrogens with one attached hydrogen (secondary N) is 2. The van der Waals surface area contributed by atoms with Crippen molar-refractivity contribution in [2.45, 2.75) is 18.9 Å². The predicted molar refractivity (Wildman–Crippen MR) is 123 cm³/mol. The van der Waals surface area contributed by atoms with Crippen LogP contribution in [0, 0.1) is 0 Å². The van der Waals surface area contributed by atoms with Crippen LogP contribution in [-0.4, -0.2) is 67.4 Å². The molecule has 178 valence electrons. The average Bonchev–Trinajstić information content (AvgIpc) is 2.97. The Morgan fingerprint density at radius 2 is 1.74 bits per heavy atom. The molecule has 1 fully saturated rings. The van der Waals surface area contributed by atoms with Crippen molar-refractivity contribution in [1.29, 1.82) is 0 Å². The number of urea groups is 1. The minimum atomic E-state index is -1.35. The number of amides is 5. The van der Waals surface area contributed by atoms with Gasteiger partial charge in [0.15, 0.2) is 11.5 Å². The molecule has 0 aromatic heterocycles. The van der Waals surface area contributed by atoms with E-state index in [2.05, 4.69) is 10.6 Å². The van der Waals surface area contributed by atoms with Gasteiger partial charge in [0.2, 0.25) is 5.91 Å². The highest BCUT2D eigenvalue weighted by Crippen LogP contribution is 2.36. The van der Waals surface area contributed by atoms with Crippen molar-refractivity contribution >= 4 is 29.4 Å². The fraction of sp³-hybridized carbons (Fsp3) is 0.333. The molecule has 2 aliphatic heterocycles. The molecule has 0 radical (unpaired) electrons. The Morgan fingerprint density at radius 1 is 1.06 bits per heavy atom. The van der Waals surface area contributed by atoms with Crippen molar-refractivity contribution in [1.82, 2.24) is 15.1 Å². The lowest BCUT2D eigenvalue weighted by molar-refractivity contribution is -0.133. The first-order valence-electron chi connectivity index (χ1n) is 10.8. The Hall–Kier alpha value is -4.08. The summed E-state index contributed by atoms with van der Waals surface area (Å²) in [7, 11) is 3.30. The first-order chi connectivity index (χ1) is 16.2. The zero-order chi connectivity index (χ0) is 24.5. The van der Waals surface area contributed by atoms with Crippen LogP contribution in [0.4, 0.5) is 10.5 Å². The lowest BCUT2D eigenvalue weighted by Crippen LogP contribution is -2.42. The molecule has 5 amide bonds. The van der Waals surface area contributed by atoms with Gasteiger partial charge in [0, 0.05) is 31.8 Å². The third-order valence-corrected chi connectivity index (χ3v) is 5.72. The van der Waals surface area contributed by atoms with Gasteiger partial charge in [-0.1, -0.05) is 6.07 Å². The second-order valence-electron chi connectivity index (χ2n) is 8.48. The number of rotatable bonds is 5. The number of fused-ring (bicyclic) bond motifs is 1. The fourth-order valence-electron chi connectivity index (χ4n) is 3.81. The van der Waals surface area contributed by atoms with Crippen LogP contribution in [0.2, 0.25) is 0 Å². The SMILES string of the molecule is CN(C)C(=O)c1ccc(NC(=O)CN2C(=O)N[C@](C)(c3ccc4c(c3)OCCCO4)C2=O)cc1. The number of carbonyl (C=O) groups is 4. The van der Waals surface area contributed by atoms with E-state index in [1.807, 2.05) is 0 Å².